The van der Waals surface area contributed by atoms with Crippen LogP contribution >= 0.6 is 0 Å². The first-order chi connectivity index (χ1) is 12.5. The summed E-state index contributed by atoms with van der Waals surface area (Å²) in [6, 6.07) is 7.20. The first kappa shape index (κ1) is 20.2. The number of aliphatic hydroxyl groups is 1. The third kappa shape index (κ3) is 7.44. The topological polar surface area (TPSA) is 55.2 Å². The van der Waals surface area contributed by atoms with Gasteiger partial charge in [-0.1, -0.05) is 26.2 Å². The Morgan fingerprint density at radius 2 is 1.69 bits per heavy atom. The minimum absolute atomic E-state index is 0.0775. The molecule has 0 fully saturated rings. The summed E-state index contributed by atoms with van der Waals surface area (Å²) in [6.07, 6.45) is 5.45. The monoisotopic (exact) mass is 364 g/mol. The minimum Gasteiger partial charge on any atom is -0.494 e. The summed E-state index contributed by atoms with van der Waals surface area (Å²) in [7, 11) is 0. The van der Waals surface area contributed by atoms with Gasteiger partial charge in [0.15, 0.2) is 5.82 Å². The van der Waals surface area contributed by atoms with E-state index in [1.807, 2.05) is 24.5 Å². The molecule has 0 atom stereocenters. The molecule has 2 aromatic rings. The van der Waals surface area contributed by atoms with Gasteiger partial charge in [-0.05, 0) is 49.1 Å². The van der Waals surface area contributed by atoms with Crippen LogP contribution < -0.4 is 4.74 Å². The number of unbranched alkanes of at least 4 members (excludes halogenated alkanes) is 3. The Labute approximate surface area is 153 Å². The van der Waals surface area contributed by atoms with E-state index in [4.69, 9.17) is 9.84 Å². The van der Waals surface area contributed by atoms with E-state index in [0.29, 0.717) is 11.6 Å². The highest BCUT2D eigenvalue weighted by molar-refractivity contribution is 5.55. The molecule has 0 aliphatic heterocycles. The molecular formula is C20H26F2N2O2. The third-order valence-electron chi connectivity index (χ3n) is 4.03. The van der Waals surface area contributed by atoms with Crippen molar-refractivity contribution in [2.75, 3.05) is 6.61 Å². The second kappa shape index (κ2) is 10.2. The maximum atomic E-state index is 12.3. The van der Waals surface area contributed by atoms with E-state index < -0.39 is 12.5 Å². The average Bonchev–Trinajstić information content (AvgIpc) is 2.63. The smallest absolute Gasteiger partial charge is 0.353 e. The Morgan fingerprint density at radius 3 is 2.31 bits per heavy atom. The number of hydrogen-bond acceptors (Lipinski definition) is 4. The molecule has 0 bridgehead atoms. The zero-order valence-electron chi connectivity index (χ0n) is 15.1. The maximum absolute atomic E-state index is 12.3. The van der Waals surface area contributed by atoms with Crippen LogP contribution in [0.4, 0.5) is 8.78 Å². The summed E-state index contributed by atoms with van der Waals surface area (Å²) in [5.74, 6) is 1.23. The van der Waals surface area contributed by atoms with Crippen molar-refractivity contribution in [3.8, 4) is 17.1 Å². The van der Waals surface area contributed by atoms with Crippen LogP contribution in [-0.2, 0) is 6.42 Å². The predicted molar refractivity (Wildman–Crippen MR) is 97.2 cm³/mol. The Balaban J connectivity index is 1.82. The van der Waals surface area contributed by atoms with Crippen LogP contribution in [0.1, 0.15) is 51.0 Å². The van der Waals surface area contributed by atoms with E-state index >= 15 is 0 Å². The molecule has 0 amide bonds. The van der Waals surface area contributed by atoms with E-state index in [0.717, 1.165) is 24.0 Å². The van der Waals surface area contributed by atoms with Crippen LogP contribution in [0, 0.1) is 0 Å². The standard InChI is InChI=1S/C20H26F2N2O2/c1-2-3-4-5-7-16-14-23-19(24-15-16)17-8-10-18(11-9-17)26-13-6-12-20(21,22)25/h8-11,14-15,25H,2-7,12-13H2,1H3. The number of alkyl halides is 2. The van der Waals surface area contributed by atoms with E-state index in [-0.39, 0.29) is 13.0 Å². The molecule has 0 saturated carbocycles. The summed E-state index contributed by atoms with van der Waals surface area (Å²) in [4.78, 5) is 8.83. The van der Waals surface area contributed by atoms with Crippen LogP contribution in [-0.4, -0.2) is 27.8 Å². The van der Waals surface area contributed by atoms with Gasteiger partial charge in [0.05, 0.1) is 6.61 Å². The second-order valence-electron chi connectivity index (χ2n) is 6.37. The van der Waals surface area contributed by atoms with Crippen LogP contribution in [0.5, 0.6) is 5.75 Å². The number of aryl methyl sites for hydroxylation is 1. The first-order valence-electron chi connectivity index (χ1n) is 9.12. The van der Waals surface area contributed by atoms with Crippen molar-refractivity contribution in [1.29, 1.82) is 0 Å². The predicted octanol–water partition coefficient (Wildman–Crippen LogP) is 5.01. The number of benzene rings is 1. The fourth-order valence-corrected chi connectivity index (χ4v) is 2.56. The molecule has 0 aliphatic rings. The molecule has 1 heterocycles. The van der Waals surface area contributed by atoms with Crippen molar-refractivity contribution in [2.45, 2.75) is 58.0 Å². The molecule has 26 heavy (non-hydrogen) atoms. The third-order valence-corrected chi connectivity index (χ3v) is 4.03. The Bertz CT molecular complexity index is 640. The number of hydrogen-bond donors (Lipinski definition) is 1. The molecule has 1 aromatic heterocycles. The fourth-order valence-electron chi connectivity index (χ4n) is 2.56. The molecule has 0 aliphatic carbocycles. The SMILES string of the molecule is CCCCCCc1cnc(-c2ccc(OCCCC(O)(F)F)cc2)nc1. The Hall–Kier alpha value is -2.08. The zero-order valence-corrected chi connectivity index (χ0v) is 15.1. The normalized spacial score (nSPS) is 11.5. The lowest BCUT2D eigenvalue weighted by Crippen LogP contribution is -2.15. The van der Waals surface area contributed by atoms with Crippen LogP contribution in [0.2, 0.25) is 0 Å². The van der Waals surface area contributed by atoms with Gasteiger partial charge in [0, 0.05) is 24.4 Å². The highest BCUT2D eigenvalue weighted by Crippen LogP contribution is 2.21. The molecule has 1 aromatic carbocycles. The number of halogens is 2. The minimum atomic E-state index is -3.63. The number of rotatable bonds is 11. The molecule has 0 radical (unpaired) electrons. The number of nitrogens with zero attached hydrogens (tertiary/aromatic N) is 2. The highest BCUT2D eigenvalue weighted by Gasteiger charge is 2.22. The molecule has 142 valence electrons. The van der Waals surface area contributed by atoms with Gasteiger partial charge >= 0.3 is 6.11 Å². The molecule has 1 N–H and O–H groups in total. The Kier molecular flexibility index (Phi) is 7.91. The number of aromatic nitrogens is 2. The van der Waals surface area contributed by atoms with Gasteiger partial charge in [-0.15, -0.1) is 0 Å². The van der Waals surface area contributed by atoms with Crippen molar-refractivity contribution in [3.05, 3.63) is 42.2 Å². The Morgan fingerprint density at radius 1 is 1.00 bits per heavy atom. The summed E-state index contributed by atoms with van der Waals surface area (Å²) in [6.45, 7) is 2.32. The van der Waals surface area contributed by atoms with Gasteiger partial charge in [-0.25, -0.2) is 9.97 Å². The summed E-state index contributed by atoms with van der Waals surface area (Å²) in [5, 5.41) is 8.37. The lowest BCUT2D eigenvalue weighted by atomic mass is 10.1. The van der Waals surface area contributed by atoms with Gasteiger partial charge in [-0.3, -0.25) is 0 Å². The van der Waals surface area contributed by atoms with Gasteiger partial charge < -0.3 is 9.84 Å². The molecule has 0 spiro atoms. The van der Waals surface area contributed by atoms with Crippen molar-refractivity contribution < 1.29 is 18.6 Å². The van der Waals surface area contributed by atoms with Crippen LogP contribution in [0.25, 0.3) is 11.4 Å². The molecule has 2 rings (SSSR count). The molecule has 0 unspecified atom stereocenters. The molecule has 4 nitrogen and oxygen atoms in total. The molecule has 0 saturated heterocycles. The van der Waals surface area contributed by atoms with Crippen molar-refractivity contribution in [1.82, 2.24) is 9.97 Å². The van der Waals surface area contributed by atoms with Gasteiger partial charge in [0.2, 0.25) is 0 Å². The van der Waals surface area contributed by atoms with E-state index in [1.165, 1.54) is 19.3 Å². The van der Waals surface area contributed by atoms with Crippen molar-refractivity contribution >= 4 is 0 Å². The summed E-state index contributed by atoms with van der Waals surface area (Å²) in [5.41, 5.74) is 2.02. The van der Waals surface area contributed by atoms with Gasteiger partial charge in [-0.2, -0.15) is 8.78 Å². The van der Waals surface area contributed by atoms with E-state index in [1.54, 1.807) is 12.1 Å². The zero-order chi connectivity index (χ0) is 18.8. The highest BCUT2D eigenvalue weighted by atomic mass is 19.3. The van der Waals surface area contributed by atoms with Gasteiger partial charge in [0.25, 0.3) is 0 Å². The van der Waals surface area contributed by atoms with E-state index in [2.05, 4.69) is 16.9 Å². The lowest BCUT2D eigenvalue weighted by molar-refractivity contribution is -0.204. The molecular weight excluding hydrogens is 338 g/mol. The first-order valence-corrected chi connectivity index (χ1v) is 9.12. The van der Waals surface area contributed by atoms with E-state index in [9.17, 15) is 8.78 Å². The molecule has 6 heteroatoms. The summed E-state index contributed by atoms with van der Waals surface area (Å²) >= 11 is 0. The number of ether oxygens (including phenoxy) is 1. The quantitative estimate of drug-likeness (QED) is 0.570. The van der Waals surface area contributed by atoms with Gasteiger partial charge in [0.1, 0.15) is 5.75 Å². The maximum Gasteiger partial charge on any atom is 0.353 e. The summed E-state index contributed by atoms with van der Waals surface area (Å²) < 4.78 is 30.0. The largest absolute Gasteiger partial charge is 0.494 e. The van der Waals surface area contributed by atoms with Crippen molar-refractivity contribution in [2.24, 2.45) is 0 Å². The fraction of sp³-hybridized carbons (Fsp3) is 0.500. The van der Waals surface area contributed by atoms with Crippen molar-refractivity contribution in [3.63, 3.8) is 0 Å². The van der Waals surface area contributed by atoms with Crippen LogP contribution in [0.3, 0.4) is 0 Å². The van der Waals surface area contributed by atoms with Crippen LogP contribution in [0.15, 0.2) is 36.7 Å². The lowest BCUT2D eigenvalue weighted by Gasteiger charge is -2.10. The second-order valence-corrected chi connectivity index (χ2v) is 6.37. The average molecular weight is 364 g/mol.